The minimum atomic E-state index is -0.404. The summed E-state index contributed by atoms with van der Waals surface area (Å²) in [4.78, 5) is 4.63. The van der Waals surface area contributed by atoms with Crippen LogP contribution >= 0.6 is 0 Å². The molecular formula is C19H18FN5. The molecule has 6 heteroatoms. The van der Waals surface area contributed by atoms with Crippen molar-refractivity contribution in [2.24, 2.45) is 0 Å². The zero-order chi connectivity index (χ0) is 17.1. The summed E-state index contributed by atoms with van der Waals surface area (Å²) in [5, 5.41) is 7.47. The second-order valence-electron chi connectivity index (χ2n) is 5.82. The van der Waals surface area contributed by atoms with Gasteiger partial charge >= 0.3 is 0 Å². The molecule has 0 unspecified atom stereocenters. The highest BCUT2D eigenvalue weighted by molar-refractivity contribution is 5.65. The van der Waals surface area contributed by atoms with Crippen LogP contribution in [0.5, 0.6) is 0 Å². The molecule has 1 aromatic carbocycles. The van der Waals surface area contributed by atoms with E-state index < -0.39 is 6.67 Å². The van der Waals surface area contributed by atoms with E-state index in [1.54, 1.807) is 10.9 Å². The second-order valence-corrected chi connectivity index (χ2v) is 5.82. The number of aryl methyl sites for hydroxylation is 1. The van der Waals surface area contributed by atoms with E-state index >= 15 is 0 Å². The van der Waals surface area contributed by atoms with Crippen LogP contribution in [0.3, 0.4) is 0 Å². The molecule has 0 fully saturated rings. The van der Waals surface area contributed by atoms with E-state index in [2.05, 4.69) is 27.5 Å². The molecule has 0 spiro atoms. The normalized spacial score (nSPS) is 11.1. The Morgan fingerprint density at radius 2 is 1.92 bits per heavy atom. The van der Waals surface area contributed by atoms with Gasteiger partial charge in [0, 0.05) is 41.9 Å². The SMILES string of the molecule is FCCn1cc(CNc2ccc(-c3cn4ccccc4n3)cc2)cn1. The molecule has 126 valence electrons. The number of aromatic nitrogens is 4. The first kappa shape index (κ1) is 15.4. The third kappa shape index (κ3) is 3.38. The number of hydrogen-bond donors (Lipinski definition) is 1. The number of alkyl halides is 1. The smallest absolute Gasteiger partial charge is 0.137 e. The highest BCUT2D eigenvalue weighted by atomic mass is 19.1. The number of nitrogens with one attached hydrogen (secondary N) is 1. The fourth-order valence-corrected chi connectivity index (χ4v) is 2.74. The second kappa shape index (κ2) is 6.76. The van der Waals surface area contributed by atoms with Crippen LogP contribution in [-0.4, -0.2) is 25.8 Å². The molecule has 0 aliphatic rings. The molecule has 1 N–H and O–H groups in total. The molecule has 3 heterocycles. The average molecular weight is 335 g/mol. The molecule has 0 amide bonds. The molecule has 4 rings (SSSR count). The maximum absolute atomic E-state index is 12.3. The summed E-state index contributed by atoms with van der Waals surface area (Å²) >= 11 is 0. The monoisotopic (exact) mass is 335 g/mol. The third-order valence-electron chi connectivity index (χ3n) is 4.04. The van der Waals surface area contributed by atoms with Gasteiger partial charge in [-0.05, 0) is 24.3 Å². The van der Waals surface area contributed by atoms with Gasteiger partial charge in [-0.2, -0.15) is 5.10 Å². The summed E-state index contributed by atoms with van der Waals surface area (Å²) in [6.45, 7) is 0.548. The Kier molecular flexibility index (Phi) is 4.16. The number of benzene rings is 1. The Balaban J connectivity index is 1.44. The summed E-state index contributed by atoms with van der Waals surface area (Å²) in [6, 6.07) is 14.1. The highest BCUT2D eigenvalue weighted by Gasteiger charge is 2.04. The maximum atomic E-state index is 12.3. The van der Waals surface area contributed by atoms with Gasteiger partial charge in [0.25, 0.3) is 0 Å². The van der Waals surface area contributed by atoms with Crippen LogP contribution < -0.4 is 5.32 Å². The molecule has 0 aliphatic carbocycles. The van der Waals surface area contributed by atoms with Crippen molar-refractivity contribution in [3.8, 4) is 11.3 Å². The van der Waals surface area contributed by atoms with Gasteiger partial charge in [-0.3, -0.25) is 4.68 Å². The van der Waals surface area contributed by atoms with Gasteiger partial charge in [-0.15, -0.1) is 0 Å². The number of halogens is 1. The molecule has 0 bridgehead atoms. The standard InChI is InChI=1S/C19H18FN5/c20-8-10-25-13-15(12-22-25)11-21-17-6-4-16(5-7-17)18-14-24-9-2-1-3-19(24)23-18/h1-7,9,12-14,21H,8,10-11H2. The van der Waals surface area contributed by atoms with Crippen LogP contribution in [0.4, 0.5) is 10.1 Å². The Labute approximate surface area is 144 Å². The Bertz CT molecular complexity index is 938. The number of fused-ring (bicyclic) bond motifs is 1. The van der Waals surface area contributed by atoms with Crippen molar-refractivity contribution in [1.82, 2.24) is 19.2 Å². The maximum Gasteiger partial charge on any atom is 0.137 e. The molecule has 0 atom stereocenters. The minimum absolute atomic E-state index is 0.299. The summed E-state index contributed by atoms with van der Waals surface area (Å²) in [7, 11) is 0. The van der Waals surface area contributed by atoms with Gasteiger partial charge in [0.2, 0.25) is 0 Å². The lowest BCUT2D eigenvalue weighted by Crippen LogP contribution is -2.00. The van der Waals surface area contributed by atoms with Crippen LogP contribution in [-0.2, 0) is 13.1 Å². The molecule has 0 saturated heterocycles. The van der Waals surface area contributed by atoms with Crippen molar-refractivity contribution in [2.75, 3.05) is 12.0 Å². The zero-order valence-electron chi connectivity index (χ0n) is 13.6. The Morgan fingerprint density at radius 3 is 2.72 bits per heavy atom. The van der Waals surface area contributed by atoms with E-state index in [9.17, 15) is 4.39 Å². The third-order valence-corrected chi connectivity index (χ3v) is 4.04. The van der Waals surface area contributed by atoms with E-state index in [4.69, 9.17) is 0 Å². The highest BCUT2D eigenvalue weighted by Crippen LogP contribution is 2.21. The van der Waals surface area contributed by atoms with Crippen molar-refractivity contribution in [3.63, 3.8) is 0 Å². The zero-order valence-corrected chi connectivity index (χ0v) is 13.6. The number of hydrogen-bond acceptors (Lipinski definition) is 3. The molecular weight excluding hydrogens is 317 g/mol. The fourth-order valence-electron chi connectivity index (χ4n) is 2.74. The van der Waals surface area contributed by atoms with E-state index in [1.807, 2.05) is 53.3 Å². The molecule has 25 heavy (non-hydrogen) atoms. The van der Waals surface area contributed by atoms with E-state index in [1.165, 1.54) is 0 Å². The first-order valence-electron chi connectivity index (χ1n) is 8.17. The van der Waals surface area contributed by atoms with Gasteiger partial charge in [-0.1, -0.05) is 18.2 Å². The van der Waals surface area contributed by atoms with E-state index in [0.717, 1.165) is 28.2 Å². The topological polar surface area (TPSA) is 47.2 Å². The van der Waals surface area contributed by atoms with Gasteiger partial charge in [0.1, 0.15) is 12.3 Å². The molecule has 3 aromatic heterocycles. The Morgan fingerprint density at radius 1 is 1.04 bits per heavy atom. The number of pyridine rings is 1. The first-order chi connectivity index (χ1) is 12.3. The average Bonchev–Trinajstić information content (AvgIpc) is 3.27. The van der Waals surface area contributed by atoms with Crippen LogP contribution in [0.1, 0.15) is 5.56 Å². The molecule has 0 radical (unpaired) electrons. The van der Waals surface area contributed by atoms with Gasteiger partial charge in [0.05, 0.1) is 18.4 Å². The van der Waals surface area contributed by atoms with E-state index in [0.29, 0.717) is 13.1 Å². The Hall–Kier alpha value is -3.15. The number of rotatable bonds is 6. The summed E-state index contributed by atoms with van der Waals surface area (Å²) in [5.41, 5.74) is 5.00. The quantitative estimate of drug-likeness (QED) is 0.583. The number of nitrogens with zero attached hydrogens (tertiary/aromatic N) is 4. The predicted molar refractivity (Wildman–Crippen MR) is 96.2 cm³/mol. The van der Waals surface area contributed by atoms with Crippen molar-refractivity contribution in [2.45, 2.75) is 13.1 Å². The lowest BCUT2D eigenvalue weighted by atomic mass is 10.1. The van der Waals surface area contributed by atoms with Crippen molar-refractivity contribution >= 4 is 11.3 Å². The fraction of sp³-hybridized carbons (Fsp3) is 0.158. The van der Waals surface area contributed by atoms with Crippen molar-refractivity contribution in [3.05, 3.63) is 72.8 Å². The van der Waals surface area contributed by atoms with Crippen LogP contribution in [0.15, 0.2) is 67.3 Å². The molecule has 0 aliphatic heterocycles. The summed E-state index contributed by atoms with van der Waals surface area (Å²) < 4.78 is 15.9. The van der Waals surface area contributed by atoms with Crippen molar-refractivity contribution in [1.29, 1.82) is 0 Å². The first-order valence-corrected chi connectivity index (χ1v) is 8.17. The largest absolute Gasteiger partial charge is 0.381 e. The van der Waals surface area contributed by atoms with Gasteiger partial charge in [0.15, 0.2) is 0 Å². The number of anilines is 1. The molecule has 0 saturated carbocycles. The van der Waals surface area contributed by atoms with Crippen LogP contribution in [0, 0.1) is 0 Å². The number of imidazole rings is 1. The van der Waals surface area contributed by atoms with Gasteiger partial charge in [-0.25, -0.2) is 9.37 Å². The predicted octanol–water partition coefficient (Wildman–Crippen LogP) is 3.78. The van der Waals surface area contributed by atoms with E-state index in [-0.39, 0.29) is 0 Å². The lowest BCUT2D eigenvalue weighted by Gasteiger charge is -2.05. The molecule has 4 aromatic rings. The molecule has 5 nitrogen and oxygen atoms in total. The minimum Gasteiger partial charge on any atom is -0.381 e. The summed E-state index contributed by atoms with van der Waals surface area (Å²) in [6.07, 6.45) is 7.63. The van der Waals surface area contributed by atoms with Gasteiger partial charge < -0.3 is 9.72 Å². The van der Waals surface area contributed by atoms with Crippen molar-refractivity contribution < 1.29 is 4.39 Å². The lowest BCUT2D eigenvalue weighted by molar-refractivity contribution is 0.427. The van der Waals surface area contributed by atoms with Crippen LogP contribution in [0.2, 0.25) is 0 Å². The summed E-state index contributed by atoms with van der Waals surface area (Å²) in [5.74, 6) is 0. The van der Waals surface area contributed by atoms with Crippen LogP contribution in [0.25, 0.3) is 16.9 Å².